The molecule has 1 aromatic carbocycles. The third-order valence-electron chi connectivity index (χ3n) is 4.28. The van der Waals surface area contributed by atoms with E-state index in [0.717, 1.165) is 5.57 Å². The summed E-state index contributed by atoms with van der Waals surface area (Å²) < 4.78 is 45.7. The first-order valence-electron chi connectivity index (χ1n) is 9.56. The van der Waals surface area contributed by atoms with Gasteiger partial charge in [-0.15, -0.1) is 0 Å². The number of hydrogen-bond donors (Lipinski definition) is 3. The Balaban J connectivity index is 1.93. The number of alkyl halides is 3. The minimum atomic E-state index is -4.67. The molecular weight excluding hydrogens is 423 g/mol. The van der Waals surface area contributed by atoms with Crippen LogP contribution in [0.15, 0.2) is 60.6 Å². The van der Waals surface area contributed by atoms with Crippen molar-refractivity contribution < 1.29 is 23.0 Å². The summed E-state index contributed by atoms with van der Waals surface area (Å²) in [6.07, 6.45) is -0.250. The summed E-state index contributed by atoms with van der Waals surface area (Å²) in [7, 11) is 1.47. The SMILES string of the molecule is COc1cncc(Nc2ncc(C(F)(F)F)c(Nc3cccc(C(O)C=C(C)C)c3)n2)c1. The number of rotatable bonds is 7. The molecule has 10 heteroatoms. The largest absolute Gasteiger partial charge is 0.495 e. The zero-order valence-electron chi connectivity index (χ0n) is 17.6. The summed E-state index contributed by atoms with van der Waals surface area (Å²) in [5, 5.41) is 15.8. The van der Waals surface area contributed by atoms with Crippen LogP contribution in [-0.4, -0.2) is 27.2 Å². The van der Waals surface area contributed by atoms with Crippen molar-refractivity contribution in [2.75, 3.05) is 17.7 Å². The molecule has 3 aromatic rings. The molecule has 1 unspecified atom stereocenters. The number of hydrogen-bond acceptors (Lipinski definition) is 7. The molecule has 2 heterocycles. The number of anilines is 4. The zero-order chi connectivity index (χ0) is 23.3. The van der Waals surface area contributed by atoms with Crippen LogP contribution < -0.4 is 15.4 Å². The van der Waals surface area contributed by atoms with E-state index in [1.54, 1.807) is 36.4 Å². The van der Waals surface area contributed by atoms with E-state index in [4.69, 9.17) is 4.74 Å². The van der Waals surface area contributed by atoms with Crippen molar-refractivity contribution in [2.24, 2.45) is 0 Å². The number of pyridine rings is 1. The normalized spacial score (nSPS) is 12.1. The van der Waals surface area contributed by atoms with E-state index in [0.29, 0.717) is 28.9 Å². The van der Waals surface area contributed by atoms with Gasteiger partial charge in [0.25, 0.3) is 0 Å². The first-order chi connectivity index (χ1) is 15.2. The minimum Gasteiger partial charge on any atom is -0.495 e. The van der Waals surface area contributed by atoms with Crippen LogP contribution in [0.3, 0.4) is 0 Å². The fourth-order valence-corrected chi connectivity index (χ4v) is 2.82. The topological polar surface area (TPSA) is 92.2 Å². The highest BCUT2D eigenvalue weighted by molar-refractivity contribution is 5.63. The van der Waals surface area contributed by atoms with Gasteiger partial charge < -0.3 is 20.5 Å². The summed E-state index contributed by atoms with van der Waals surface area (Å²) in [4.78, 5) is 11.8. The maximum atomic E-state index is 13.5. The molecule has 1 atom stereocenters. The standard InChI is InChI=1S/C22H22F3N5O2/c1-13(2)7-19(31)14-5-4-6-15(8-14)28-20-18(22(23,24)25)12-27-21(30-20)29-16-9-17(32-3)11-26-10-16/h4-12,19,31H,1-3H3,(H2,27,28,29,30). The van der Waals surface area contributed by atoms with E-state index in [1.165, 1.54) is 19.5 Å². The predicted octanol–water partition coefficient (Wildman–Crippen LogP) is 5.39. The Labute approximate surface area is 183 Å². The highest BCUT2D eigenvalue weighted by atomic mass is 19.4. The number of nitrogens with zero attached hydrogens (tertiary/aromatic N) is 3. The number of aromatic nitrogens is 3. The average molecular weight is 445 g/mol. The minimum absolute atomic E-state index is 0.0590. The molecule has 7 nitrogen and oxygen atoms in total. The van der Waals surface area contributed by atoms with Crippen LogP contribution in [0.25, 0.3) is 0 Å². The molecule has 32 heavy (non-hydrogen) atoms. The number of allylic oxidation sites excluding steroid dienone is 1. The molecule has 0 aliphatic carbocycles. The molecule has 0 saturated heterocycles. The van der Waals surface area contributed by atoms with E-state index in [2.05, 4.69) is 25.6 Å². The van der Waals surface area contributed by atoms with Crippen LogP contribution in [0, 0.1) is 0 Å². The lowest BCUT2D eigenvalue weighted by molar-refractivity contribution is -0.137. The number of nitrogens with one attached hydrogen (secondary N) is 2. The van der Waals surface area contributed by atoms with Crippen LogP contribution in [-0.2, 0) is 6.18 Å². The van der Waals surface area contributed by atoms with Crippen LogP contribution in [0.2, 0.25) is 0 Å². The van der Waals surface area contributed by atoms with Crippen LogP contribution in [0.5, 0.6) is 5.75 Å². The Hall–Kier alpha value is -3.66. The Morgan fingerprint density at radius 1 is 1.09 bits per heavy atom. The summed E-state index contributed by atoms with van der Waals surface area (Å²) in [6.45, 7) is 3.68. The molecule has 3 rings (SSSR count). The molecular formula is C22H22F3N5O2. The van der Waals surface area contributed by atoms with Gasteiger partial charge in [-0.1, -0.05) is 23.8 Å². The molecule has 0 aliphatic rings. The van der Waals surface area contributed by atoms with Gasteiger partial charge in [-0.05, 0) is 31.5 Å². The van der Waals surface area contributed by atoms with Crippen molar-refractivity contribution in [3.8, 4) is 5.75 Å². The number of halogens is 3. The maximum Gasteiger partial charge on any atom is 0.421 e. The van der Waals surface area contributed by atoms with Gasteiger partial charge in [-0.3, -0.25) is 4.98 Å². The van der Waals surface area contributed by atoms with Crippen molar-refractivity contribution in [2.45, 2.75) is 26.1 Å². The van der Waals surface area contributed by atoms with E-state index in [9.17, 15) is 18.3 Å². The fourth-order valence-electron chi connectivity index (χ4n) is 2.82. The smallest absolute Gasteiger partial charge is 0.421 e. The van der Waals surface area contributed by atoms with Crippen molar-refractivity contribution >= 4 is 23.1 Å². The predicted molar refractivity (Wildman–Crippen MR) is 115 cm³/mol. The summed E-state index contributed by atoms with van der Waals surface area (Å²) in [6, 6.07) is 8.07. The fraction of sp³-hybridized carbons (Fsp3) is 0.227. The quantitative estimate of drug-likeness (QED) is 0.420. The van der Waals surface area contributed by atoms with Gasteiger partial charge in [0.1, 0.15) is 17.1 Å². The number of methoxy groups -OCH3 is 1. The lowest BCUT2D eigenvalue weighted by atomic mass is 10.1. The Morgan fingerprint density at radius 3 is 2.56 bits per heavy atom. The van der Waals surface area contributed by atoms with Crippen LogP contribution >= 0.6 is 0 Å². The number of aliphatic hydroxyl groups excluding tert-OH is 1. The molecule has 0 aliphatic heterocycles. The number of ether oxygens (including phenoxy) is 1. The molecule has 0 spiro atoms. The first-order valence-corrected chi connectivity index (χ1v) is 9.56. The summed E-state index contributed by atoms with van der Waals surface area (Å²) in [5.74, 6) is -0.0250. The lowest BCUT2D eigenvalue weighted by Crippen LogP contribution is -2.12. The monoisotopic (exact) mass is 445 g/mol. The van der Waals surface area contributed by atoms with Crippen molar-refractivity contribution in [3.63, 3.8) is 0 Å². The van der Waals surface area contributed by atoms with Crippen LogP contribution in [0.4, 0.5) is 36.3 Å². The first kappa shape index (κ1) is 23.0. The van der Waals surface area contributed by atoms with E-state index < -0.39 is 23.7 Å². The highest BCUT2D eigenvalue weighted by Gasteiger charge is 2.35. The second-order valence-corrected chi connectivity index (χ2v) is 7.13. The van der Waals surface area contributed by atoms with Gasteiger partial charge in [-0.25, -0.2) is 4.98 Å². The van der Waals surface area contributed by atoms with Gasteiger partial charge >= 0.3 is 6.18 Å². The number of aliphatic hydroxyl groups is 1. The van der Waals surface area contributed by atoms with Crippen LogP contribution in [0.1, 0.15) is 31.1 Å². The maximum absolute atomic E-state index is 13.5. The summed E-state index contributed by atoms with van der Waals surface area (Å²) >= 11 is 0. The van der Waals surface area contributed by atoms with Gasteiger partial charge in [0.15, 0.2) is 0 Å². The van der Waals surface area contributed by atoms with Gasteiger partial charge in [0, 0.05) is 18.0 Å². The molecule has 0 fully saturated rings. The molecule has 3 N–H and O–H groups in total. The van der Waals surface area contributed by atoms with E-state index in [-0.39, 0.29) is 5.95 Å². The Bertz CT molecular complexity index is 1110. The molecule has 2 aromatic heterocycles. The van der Waals surface area contributed by atoms with Crippen molar-refractivity contribution in [1.29, 1.82) is 0 Å². The lowest BCUT2D eigenvalue weighted by Gasteiger charge is -2.16. The molecule has 0 saturated carbocycles. The van der Waals surface area contributed by atoms with E-state index in [1.807, 2.05) is 13.8 Å². The van der Waals surface area contributed by atoms with Crippen molar-refractivity contribution in [1.82, 2.24) is 15.0 Å². The van der Waals surface area contributed by atoms with Gasteiger partial charge in [-0.2, -0.15) is 18.2 Å². The molecule has 0 radical (unpaired) electrons. The Kier molecular flexibility index (Phi) is 6.94. The molecule has 0 bridgehead atoms. The second-order valence-electron chi connectivity index (χ2n) is 7.13. The average Bonchev–Trinajstić information content (AvgIpc) is 2.73. The zero-order valence-corrected chi connectivity index (χ0v) is 17.6. The van der Waals surface area contributed by atoms with Gasteiger partial charge in [0.05, 0.1) is 31.3 Å². The van der Waals surface area contributed by atoms with Crippen molar-refractivity contribution in [3.05, 3.63) is 71.7 Å². The molecule has 168 valence electrons. The second kappa shape index (κ2) is 9.65. The Morgan fingerprint density at radius 2 is 1.88 bits per heavy atom. The summed E-state index contributed by atoms with van der Waals surface area (Å²) in [5.41, 5.74) is 1.19. The highest BCUT2D eigenvalue weighted by Crippen LogP contribution is 2.35. The van der Waals surface area contributed by atoms with E-state index >= 15 is 0 Å². The number of benzene rings is 1. The van der Waals surface area contributed by atoms with Gasteiger partial charge in [0.2, 0.25) is 5.95 Å². The molecule has 0 amide bonds. The third kappa shape index (κ3) is 5.94. The third-order valence-corrected chi connectivity index (χ3v) is 4.28.